The minimum atomic E-state index is -0.0791. The minimum Gasteiger partial charge on any atom is -0.458 e. The molecule has 0 spiro atoms. The van der Waals surface area contributed by atoms with Gasteiger partial charge in [0.25, 0.3) is 0 Å². The molecule has 2 aromatic rings. The van der Waals surface area contributed by atoms with Gasteiger partial charge < -0.3 is 14.9 Å². The van der Waals surface area contributed by atoms with Crippen LogP contribution in [-0.2, 0) is 4.74 Å². The Balaban J connectivity index is 1.91. The van der Waals surface area contributed by atoms with E-state index in [9.17, 15) is 0 Å². The Morgan fingerprint density at radius 2 is 2.28 bits per heavy atom. The lowest BCUT2D eigenvalue weighted by atomic mass is 9.93. The second kappa shape index (κ2) is 5.03. The van der Waals surface area contributed by atoms with Crippen molar-refractivity contribution in [3.8, 4) is 0 Å². The van der Waals surface area contributed by atoms with E-state index >= 15 is 0 Å². The van der Waals surface area contributed by atoms with Gasteiger partial charge in [0.15, 0.2) is 0 Å². The van der Waals surface area contributed by atoms with Gasteiger partial charge in [-0.05, 0) is 40.9 Å². The van der Waals surface area contributed by atoms with Gasteiger partial charge in [-0.1, -0.05) is 12.1 Å². The predicted octanol–water partition coefficient (Wildman–Crippen LogP) is 3.62. The molecule has 0 radical (unpaired) electrons. The molecule has 2 unspecified atom stereocenters. The normalized spacial score (nSPS) is 22.2. The van der Waals surface area contributed by atoms with E-state index in [1.165, 1.54) is 0 Å². The van der Waals surface area contributed by atoms with Crippen molar-refractivity contribution in [1.29, 1.82) is 0 Å². The molecular weight excluding hydrogens is 294 g/mol. The van der Waals surface area contributed by atoms with Crippen LogP contribution >= 0.6 is 15.9 Å². The predicted molar refractivity (Wildman–Crippen MR) is 74.4 cm³/mol. The average molecular weight is 310 g/mol. The topological polar surface area (TPSA) is 48.4 Å². The summed E-state index contributed by atoms with van der Waals surface area (Å²) in [7, 11) is 0. The molecular formula is C14H16BrNO2. The number of fused-ring (bicyclic) bond motifs is 1. The Bertz CT molecular complexity index is 546. The van der Waals surface area contributed by atoms with Crippen molar-refractivity contribution in [2.75, 3.05) is 13.2 Å². The van der Waals surface area contributed by atoms with Crippen LogP contribution < -0.4 is 5.73 Å². The summed E-state index contributed by atoms with van der Waals surface area (Å²) in [5, 5.41) is 1.09. The molecule has 0 aliphatic carbocycles. The summed E-state index contributed by atoms with van der Waals surface area (Å²) in [5.41, 5.74) is 7.17. The summed E-state index contributed by atoms with van der Waals surface area (Å²) in [4.78, 5) is 0. The first-order valence-corrected chi connectivity index (χ1v) is 7.06. The second-order valence-corrected chi connectivity index (χ2v) is 5.66. The summed E-state index contributed by atoms with van der Waals surface area (Å²) >= 11 is 3.50. The fourth-order valence-corrected chi connectivity index (χ4v) is 2.96. The quantitative estimate of drug-likeness (QED) is 0.921. The zero-order valence-corrected chi connectivity index (χ0v) is 11.7. The molecule has 1 fully saturated rings. The van der Waals surface area contributed by atoms with Gasteiger partial charge in [-0.3, -0.25) is 0 Å². The molecule has 1 saturated heterocycles. The smallest absolute Gasteiger partial charge is 0.148 e. The van der Waals surface area contributed by atoms with Crippen LogP contribution in [-0.4, -0.2) is 13.2 Å². The molecule has 3 rings (SSSR count). The maximum absolute atomic E-state index is 6.29. The molecule has 96 valence electrons. The Hall–Kier alpha value is -0.840. The molecule has 2 atom stereocenters. The van der Waals surface area contributed by atoms with Crippen molar-refractivity contribution in [3.63, 3.8) is 0 Å². The average Bonchev–Trinajstić information content (AvgIpc) is 2.84. The molecule has 1 aliphatic heterocycles. The minimum absolute atomic E-state index is 0.0791. The number of hydrogen-bond donors (Lipinski definition) is 1. The number of halogens is 1. The van der Waals surface area contributed by atoms with E-state index in [4.69, 9.17) is 14.9 Å². The molecule has 0 amide bonds. The highest BCUT2D eigenvalue weighted by molar-refractivity contribution is 9.10. The maximum atomic E-state index is 6.29. The largest absolute Gasteiger partial charge is 0.458 e. The third kappa shape index (κ3) is 2.20. The van der Waals surface area contributed by atoms with Crippen molar-refractivity contribution in [1.82, 2.24) is 0 Å². The van der Waals surface area contributed by atoms with Crippen LogP contribution in [0.5, 0.6) is 0 Å². The van der Waals surface area contributed by atoms with Crippen LogP contribution in [0.1, 0.15) is 24.6 Å². The van der Waals surface area contributed by atoms with Crippen LogP contribution in [0.25, 0.3) is 11.0 Å². The highest BCUT2D eigenvalue weighted by Crippen LogP contribution is 2.33. The van der Waals surface area contributed by atoms with Crippen molar-refractivity contribution in [2.24, 2.45) is 11.7 Å². The number of furan rings is 1. The summed E-state index contributed by atoms with van der Waals surface area (Å²) in [5.74, 6) is 1.21. The van der Waals surface area contributed by atoms with Gasteiger partial charge >= 0.3 is 0 Å². The zero-order valence-electron chi connectivity index (χ0n) is 10.1. The van der Waals surface area contributed by atoms with Crippen molar-refractivity contribution in [3.05, 3.63) is 34.5 Å². The Kier molecular flexibility index (Phi) is 3.41. The first-order valence-electron chi connectivity index (χ1n) is 6.27. The first-order chi connectivity index (χ1) is 8.75. The lowest BCUT2D eigenvalue weighted by Gasteiger charge is -2.26. The van der Waals surface area contributed by atoms with Gasteiger partial charge in [-0.15, -0.1) is 0 Å². The summed E-state index contributed by atoms with van der Waals surface area (Å²) in [6, 6.07) is 7.98. The molecule has 2 N–H and O–H groups in total. The third-order valence-electron chi connectivity index (χ3n) is 3.55. The summed E-state index contributed by atoms with van der Waals surface area (Å²) in [6.07, 6.45) is 2.20. The SMILES string of the molecule is NC(c1cc2cccc(Br)c2o1)C1CCCOC1. The van der Waals surface area contributed by atoms with E-state index in [1.54, 1.807) is 0 Å². The van der Waals surface area contributed by atoms with E-state index in [0.29, 0.717) is 5.92 Å². The van der Waals surface area contributed by atoms with E-state index < -0.39 is 0 Å². The van der Waals surface area contributed by atoms with Crippen molar-refractivity contribution in [2.45, 2.75) is 18.9 Å². The fraction of sp³-hybridized carbons (Fsp3) is 0.429. The van der Waals surface area contributed by atoms with Gasteiger partial charge in [0.05, 0.1) is 17.1 Å². The number of rotatable bonds is 2. The van der Waals surface area contributed by atoms with Crippen LogP contribution in [0, 0.1) is 5.92 Å². The molecule has 0 bridgehead atoms. The molecule has 3 nitrogen and oxygen atoms in total. The summed E-state index contributed by atoms with van der Waals surface area (Å²) in [6.45, 7) is 1.59. The Morgan fingerprint density at radius 1 is 1.39 bits per heavy atom. The highest BCUT2D eigenvalue weighted by Gasteiger charge is 2.25. The van der Waals surface area contributed by atoms with Gasteiger partial charge in [-0.25, -0.2) is 0 Å². The number of nitrogens with two attached hydrogens (primary N) is 1. The maximum Gasteiger partial charge on any atom is 0.148 e. The van der Waals surface area contributed by atoms with Gasteiger partial charge in [0.2, 0.25) is 0 Å². The standard InChI is InChI=1S/C14H16BrNO2/c15-11-5-1-3-9-7-12(18-14(9)11)13(16)10-4-2-6-17-8-10/h1,3,5,7,10,13H,2,4,6,8,16H2. The third-order valence-corrected chi connectivity index (χ3v) is 4.17. The van der Waals surface area contributed by atoms with Crippen LogP contribution in [0.3, 0.4) is 0 Å². The number of para-hydroxylation sites is 1. The van der Waals surface area contributed by atoms with E-state index in [2.05, 4.69) is 15.9 Å². The molecule has 1 aliphatic rings. The lowest BCUT2D eigenvalue weighted by molar-refractivity contribution is 0.0421. The molecule has 1 aromatic heterocycles. The van der Waals surface area contributed by atoms with Gasteiger partial charge in [0, 0.05) is 17.9 Å². The van der Waals surface area contributed by atoms with E-state index in [-0.39, 0.29) is 6.04 Å². The Morgan fingerprint density at radius 3 is 3.00 bits per heavy atom. The molecule has 1 aromatic carbocycles. The van der Waals surface area contributed by atoms with Crippen LogP contribution in [0.2, 0.25) is 0 Å². The molecule has 18 heavy (non-hydrogen) atoms. The lowest BCUT2D eigenvalue weighted by Crippen LogP contribution is -2.28. The molecule has 2 heterocycles. The monoisotopic (exact) mass is 309 g/mol. The second-order valence-electron chi connectivity index (χ2n) is 4.81. The van der Waals surface area contributed by atoms with Crippen LogP contribution in [0.15, 0.2) is 33.2 Å². The van der Waals surface area contributed by atoms with Crippen LogP contribution in [0.4, 0.5) is 0 Å². The number of hydrogen-bond acceptors (Lipinski definition) is 3. The molecule has 0 saturated carbocycles. The van der Waals surface area contributed by atoms with Gasteiger partial charge in [-0.2, -0.15) is 0 Å². The number of ether oxygens (including phenoxy) is 1. The first kappa shape index (κ1) is 12.2. The fourth-order valence-electron chi connectivity index (χ4n) is 2.49. The van der Waals surface area contributed by atoms with Crippen molar-refractivity contribution < 1.29 is 9.15 Å². The highest BCUT2D eigenvalue weighted by atomic mass is 79.9. The van der Waals surface area contributed by atoms with Crippen molar-refractivity contribution >= 4 is 26.9 Å². The molecule has 4 heteroatoms. The van der Waals surface area contributed by atoms with E-state index in [1.807, 2.05) is 24.3 Å². The Labute approximate surface area is 114 Å². The zero-order chi connectivity index (χ0) is 12.5. The number of benzene rings is 1. The van der Waals surface area contributed by atoms with E-state index in [0.717, 1.165) is 47.3 Å². The summed E-state index contributed by atoms with van der Waals surface area (Å²) < 4.78 is 12.3. The van der Waals surface area contributed by atoms with Gasteiger partial charge in [0.1, 0.15) is 11.3 Å².